The van der Waals surface area contributed by atoms with Crippen molar-refractivity contribution in [3.63, 3.8) is 0 Å². The summed E-state index contributed by atoms with van der Waals surface area (Å²) in [7, 11) is 3.62. The van der Waals surface area contributed by atoms with E-state index in [9.17, 15) is 15.0 Å². The highest BCUT2D eigenvalue weighted by molar-refractivity contribution is 8.03. The van der Waals surface area contributed by atoms with E-state index in [1.807, 2.05) is 49.3 Å². The number of amides is 1. The normalized spacial score (nSPS) is 37.3. The van der Waals surface area contributed by atoms with Crippen molar-refractivity contribution < 1.29 is 15.0 Å². The molecule has 2 fully saturated rings. The Kier molecular flexibility index (Phi) is 4.19. The third-order valence-corrected chi connectivity index (χ3v) is 7.06. The fourth-order valence-corrected chi connectivity index (χ4v) is 5.76. The zero-order chi connectivity index (χ0) is 17.7. The third-order valence-electron chi connectivity index (χ3n) is 5.03. The number of hydrogen-bond donors (Lipinski definition) is 4. The maximum atomic E-state index is 13.0. The molecule has 4 N–H and O–H groups in total. The molecule has 0 spiro atoms. The van der Waals surface area contributed by atoms with Gasteiger partial charge in [0.05, 0.1) is 12.2 Å². The highest BCUT2D eigenvalue weighted by atomic mass is 32.2. The molecule has 0 unspecified atom stereocenters. The second kappa shape index (κ2) is 5.80. The van der Waals surface area contributed by atoms with Crippen molar-refractivity contribution in [1.82, 2.24) is 10.2 Å². The highest BCUT2D eigenvalue weighted by Crippen LogP contribution is 2.65. The molecule has 0 radical (unpaired) electrons. The summed E-state index contributed by atoms with van der Waals surface area (Å²) in [6, 6.07) is 8.53. The minimum Gasteiger partial charge on any atom is -0.391 e. The number of rotatable bonds is 5. The molecule has 2 aliphatic heterocycles. The Bertz CT molecular complexity index is 656. The van der Waals surface area contributed by atoms with Crippen molar-refractivity contribution in [3.05, 3.63) is 35.9 Å². The van der Waals surface area contributed by atoms with Gasteiger partial charge in [-0.25, -0.2) is 5.53 Å². The second-order valence-corrected chi connectivity index (χ2v) is 8.05. The van der Waals surface area contributed by atoms with Gasteiger partial charge in [-0.05, 0) is 26.6 Å². The number of nitrogens with zero attached hydrogens (tertiary/aromatic N) is 2. The van der Waals surface area contributed by atoms with Crippen LogP contribution in [0.15, 0.2) is 35.4 Å². The molecular weight excluding hydrogens is 328 g/mol. The molecule has 1 amide bonds. The lowest BCUT2D eigenvalue weighted by atomic mass is 9.72. The molecule has 3 rings (SSSR count). The summed E-state index contributed by atoms with van der Waals surface area (Å²) in [5.74, 6) is -0.935. The molecule has 6 atom stereocenters. The summed E-state index contributed by atoms with van der Waals surface area (Å²) in [4.78, 5) is 13.9. The summed E-state index contributed by atoms with van der Waals surface area (Å²) in [6.45, 7) is 1.49. The van der Waals surface area contributed by atoms with Crippen LogP contribution in [0, 0.1) is 11.4 Å². The Labute approximate surface area is 144 Å². The highest BCUT2D eigenvalue weighted by Gasteiger charge is 2.75. The van der Waals surface area contributed by atoms with E-state index < -0.39 is 33.9 Å². The van der Waals surface area contributed by atoms with Gasteiger partial charge >= 0.3 is 0 Å². The van der Waals surface area contributed by atoms with Crippen LogP contribution in [0.1, 0.15) is 12.5 Å². The van der Waals surface area contributed by atoms with Gasteiger partial charge in [-0.3, -0.25) is 9.69 Å². The quantitative estimate of drug-likeness (QED) is 0.586. The number of carbonyl (C=O) groups excluding carboxylic acids is 1. The lowest BCUT2D eigenvalue weighted by Crippen LogP contribution is -2.66. The lowest BCUT2D eigenvalue weighted by Gasteiger charge is -2.43. The summed E-state index contributed by atoms with van der Waals surface area (Å²) < 4.78 is -1.10. The topological polar surface area (TPSA) is 109 Å². The average molecular weight is 350 g/mol. The predicted octanol–water partition coefficient (Wildman–Crippen LogP) is 0.731. The van der Waals surface area contributed by atoms with Crippen molar-refractivity contribution in [2.45, 2.75) is 34.9 Å². The van der Waals surface area contributed by atoms with Crippen molar-refractivity contribution in [2.24, 2.45) is 11.0 Å². The number of piperidine rings is 1. The van der Waals surface area contributed by atoms with Crippen LogP contribution in [-0.4, -0.2) is 58.4 Å². The number of hydrogen-bond acceptors (Lipinski definition) is 7. The van der Waals surface area contributed by atoms with Gasteiger partial charge in [-0.2, -0.15) is 5.11 Å². The number of likely N-dealkylation sites (N-methyl/N-ethyl adjacent to an activating group) is 1. The van der Waals surface area contributed by atoms with E-state index in [4.69, 9.17) is 5.53 Å². The van der Waals surface area contributed by atoms with Crippen LogP contribution in [0.4, 0.5) is 0 Å². The Balaban J connectivity index is 2.23. The summed E-state index contributed by atoms with van der Waals surface area (Å²) in [6.07, 6.45) is -2.21. The van der Waals surface area contributed by atoms with Crippen LogP contribution in [0.25, 0.3) is 0 Å². The van der Waals surface area contributed by atoms with Crippen LogP contribution in [0.2, 0.25) is 0 Å². The molecular formula is C16H22N4O3S. The monoisotopic (exact) mass is 350 g/mol. The molecule has 2 bridgehead atoms. The number of nitrogens with one attached hydrogen (secondary N) is 2. The Morgan fingerprint density at radius 2 is 1.96 bits per heavy atom. The molecule has 7 nitrogen and oxygen atoms in total. The van der Waals surface area contributed by atoms with E-state index in [1.54, 1.807) is 0 Å². The van der Waals surface area contributed by atoms with Crippen LogP contribution >= 0.6 is 11.8 Å². The van der Waals surface area contributed by atoms with E-state index in [0.717, 1.165) is 5.56 Å². The van der Waals surface area contributed by atoms with E-state index >= 15 is 0 Å². The molecule has 1 aromatic rings. The molecule has 2 heterocycles. The standard InChI is InChI=1S/C16H22N4O3S/c1-9(21)12(22)11-13(19-17)16(20(2)3)18-14(23)15(11,24-16)10-7-5-4-6-8-10/h4-9,11-13,17,21-22H,1-3H3,(H,18,23)/t9-,11-,12+,13-,15+,16-/m1/s1. The lowest BCUT2D eigenvalue weighted by molar-refractivity contribution is -0.135. The Morgan fingerprint density at radius 1 is 1.33 bits per heavy atom. The van der Waals surface area contributed by atoms with Gasteiger partial charge in [-0.1, -0.05) is 42.1 Å². The largest absolute Gasteiger partial charge is 0.391 e. The number of carbonyl (C=O) groups is 1. The van der Waals surface area contributed by atoms with E-state index in [-0.39, 0.29) is 5.91 Å². The summed E-state index contributed by atoms with van der Waals surface area (Å²) >= 11 is 1.36. The fraction of sp³-hybridized carbons (Fsp3) is 0.562. The second-order valence-electron chi connectivity index (χ2n) is 6.58. The van der Waals surface area contributed by atoms with Crippen LogP contribution in [0.3, 0.4) is 0 Å². The molecule has 130 valence electrons. The molecule has 8 heteroatoms. The maximum Gasteiger partial charge on any atom is 0.243 e. The summed E-state index contributed by atoms with van der Waals surface area (Å²) in [5, 5.41) is 27.4. The van der Waals surface area contributed by atoms with Crippen LogP contribution < -0.4 is 5.32 Å². The van der Waals surface area contributed by atoms with Gasteiger partial charge in [-0.15, -0.1) is 0 Å². The van der Waals surface area contributed by atoms with Gasteiger partial charge in [0, 0.05) is 5.92 Å². The van der Waals surface area contributed by atoms with E-state index in [1.165, 1.54) is 18.7 Å². The van der Waals surface area contributed by atoms with Crippen molar-refractivity contribution in [1.29, 1.82) is 5.53 Å². The number of aliphatic hydroxyl groups excluding tert-OH is 2. The molecule has 2 aliphatic rings. The minimum atomic E-state index is -1.18. The van der Waals surface area contributed by atoms with Gasteiger partial charge in [0.15, 0.2) is 4.99 Å². The molecule has 0 aliphatic carbocycles. The molecule has 2 saturated heterocycles. The first-order valence-electron chi connectivity index (χ1n) is 7.79. The number of benzene rings is 1. The van der Waals surface area contributed by atoms with Crippen LogP contribution in [-0.2, 0) is 9.54 Å². The number of thioether (sulfide) groups is 1. The first-order chi connectivity index (χ1) is 11.3. The number of fused-ring (bicyclic) bond motifs is 2. The summed E-state index contributed by atoms with van der Waals surface area (Å²) in [5.41, 5.74) is 8.44. The van der Waals surface area contributed by atoms with Gasteiger partial charge in [0.25, 0.3) is 0 Å². The van der Waals surface area contributed by atoms with Crippen molar-refractivity contribution >= 4 is 17.7 Å². The average Bonchev–Trinajstić information content (AvgIpc) is 3.04. The predicted molar refractivity (Wildman–Crippen MR) is 90.4 cm³/mol. The smallest absolute Gasteiger partial charge is 0.243 e. The number of aliphatic hydroxyl groups is 2. The Hall–Kier alpha value is -1.48. The first kappa shape index (κ1) is 17.3. The van der Waals surface area contributed by atoms with Gasteiger partial charge in [0.1, 0.15) is 10.8 Å². The SMILES string of the molecule is C[C@@H](O)[C@H](O)[C@@H]1[C@@H](N=N)[C@]2(N(C)C)NC(=O)[C@@]1(c1ccccc1)S2. The fourth-order valence-electron chi connectivity index (χ4n) is 3.82. The zero-order valence-corrected chi connectivity index (χ0v) is 14.6. The van der Waals surface area contributed by atoms with Crippen molar-refractivity contribution in [2.75, 3.05) is 14.1 Å². The molecule has 0 aromatic heterocycles. The van der Waals surface area contributed by atoms with Gasteiger partial charge in [0.2, 0.25) is 5.91 Å². The first-order valence-corrected chi connectivity index (χ1v) is 8.61. The van der Waals surface area contributed by atoms with Crippen LogP contribution in [0.5, 0.6) is 0 Å². The van der Waals surface area contributed by atoms with Gasteiger partial charge < -0.3 is 15.5 Å². The zero-order valence-electron chi connectivity index (χ0n) is 13.8. The minimum absolute atomic E-state index is 0.225. The van der Waals surface area contributed by atoms with E-state index in [2.05, 4.69) is 10.4 Å². The molecule has 24 heavy (non-hydrogen) atoms. The third kappa shape index (κ3) is 2.07. The maximum absolute atomic E-state index is 13.0. The Morgan fingerprint density at radius 3 is 2.46 bits per heavy atom. The molecule has 0 saturated carbocycles. The van der Waals surface area contributed by atoms with Crippen molar-refractivity contribution in [3.8, 4) is 0 Å². The molecule has 1 aromatic carbocycles. The van der Waals surface area contributed by atoms with E-state index in [0.29, 0.717) is 0 Å².